The van der Waals surface area contributed by atoms with Gasteiger partial charge in [0.05, 0.1) is 18.1 Å². The second-order valence-electron chi connectivity index (χ2n) is 14.8. The molecule has 4 saturated carbocycles. The van der Waals surface area contributed by atoms with Crippen LogP contribution in [0.3, 0.4) is 0 Å². The van der Waals surface area contributed by atoms with Gasteiger partial charge in [-0.3, -0.25) is 14.9 Å². The number of carbonyl (C=O) groups is 2. The number of hydrogen-bond donors (Lipinski definition) is 0. The number of carbonyl (C=O) groups excluding carboxylic acids is 2. The molecule has 4 fully saturated rings. The van der Waals surface area contributed by atoms with Gasteiger partial charge in [0.15, 0.2) is 5.78 Å². The first kappa shape index (κ1) is 36.7. The summed E-state index contributed by atoms with van der Waals surface area (Å²) in [5.41, 5.74) is 0.723. The fourth-order valence-electron chi connectivity index (χ4n) is 9.19. The summed E-state index contributed by atoms with van der Waals surface area (Å²) >= 11 is 12.0. The van der Waals surface area contributed by atoms with Crippen molar-refractivity contribution in [2.24, 2.45) is 11.8 Å². The maximum absolute atomic E-state index is 12.9. The Morgan fingerprint density at radius 2 is 1.50 bits per heavy atom. The maximum atomic E-state index is 12.9. The number of halogens is 2. The normalized spacial score (nSPS) is 22.3. The van der Waals surface area contributed by atoms with Gasteiger partial charge in [-0.05, 0) is 73.6 Å². The lowest BCUT2D eigenvalue weighted by atomic mass is 9.88. The lowest BCUT2D eigenvalue weighted by Gasteiger charge is -2.41. The van der Waals surface area contributed by atoms with E-state index < -0.39 is 11.0 Å². The Morgan fingerprint density at radius 1 is 0.920 bits per heavy atom. The largest absolute Gasteiger partial charge is 0.467 e. The predicted molar refractivity (Wildman–Crippen MR) is 192 cm³/mol. The summed E-state index contributed by atoms with van der Waals surface area (Å²) in [6, 6.07) is -0.166. The number of anilines is 2. The monoisotopic (exact) mass is 729 g/mol. The van der Waals surface area contributed by atoms with Crippen LogP contribution in [0.15, 0.2) is 12.4 Å². The van der Waals surface area contributed by atoms with E-state index in [4.69, 9.17) is 27.9 Å². The number of nitrogens with zero attached hydrogens (tertiary/aromatic N) is 7. The average molecular weight is 731 g/mol. The molecule has 0 spiro atoms. The van der Waals surface area contributed by atoms with Crippen molar-refractivity contribution in [1.82, 2.24) is 19.9 Å². The standard InChI is InChI=1S/C18H25ClN4O4.C18H24ClN3O/c1-27-17(24)14(10-12-6-2-3-7-12)22(13-8-4-5-9-13)16-15(23(25)26)11-20-18(19)21-16;19-18-20-11-13-10-16(23)15(9-12-5-1-2-6-12)22(17(13)21-18)14-7-3-4-8-14/h11-14H,2-10H2,1H3;11-12,14-15H,1-10H2/t14-;15-/m11/s1. The van der Waals surface area contributed by atoms with E-state index in [9.17, 15) is 19.7 Å². The van der Waals surface area contributed by atoms with Crippen molar-refractivity contribution in [3.8, 4) is 0 Å². The number of fused-ring (bicyclic) bond motifs is 1. The molecule has 0 bridgehead atoms. The third-order valence-corrected chi connectivity index (χ3v) is 12.0. The first-order chi connectivity index (χ1) is 24.2. The van der Waals surface area contributed by atoms with Gasteiger partial charge in [-0.15, -0.1) is 0 Å². The van der Waals surface area contributed by atoms with Gasteiger partial charge in [0.25, 0.3) is 0 Å². The van der Waals surface area contributed by atoms with Crippen LogP contribution in [0.2, 0.25) is 10.6 Å². The number of ketones is 1. The third-order valence-electron chi connectivity index (χ3n) is 11.6. The molecule has 3 heterocycles. The molecule has 2 aromatic rings. The molecule has 0 amide bonds. The Balaban J connectivity index is 0.000000175. The van der Waals surface area contributed by atoms with Crippen LogP contribution >= 0.6 is 23.2 Å². The quantitative estimate of drug-likeness (QED) is 0.102. The predicted octanol–water partition coefficient (Wildman–Crippen LogP) is 7.86. The lowest BCUT2D eigenvalue weighted by molar-refractivity contribution is -0.384. The van der Waals surface area contributed by atoms with E-state index >= 15 is 0 Å². The Kier molecular flexibility index (Phi) is 12.4. The Bertz CT molecular complexity index is 1510. The smallest absolute Gasteiger partial charge is 0.329 e. The summed E-state index contributed by atoms with van der Waals surface area (Å²) in [6.07, 6.45) is 23.2. The number of methoxy groups -OCH3 is 1. The molecule has 0 aromatic carbocycles. The molecule has 272 valence electrons. The summed E-state index contributed by atoms with van der Waals surface area (Å²) in [4.78, 5) is 57.4. The van der Waals surface area contributed by atoms with Crippen LogP contribution < -0.4 is 9.80 Å². The van der Waals surface area contributed by atoms with Gasteiger partial charge >= 0.3 is 11.7 Å². The van der Waals surface area contributed by atoms with E-state index in [1.165, 1.54) is 45.6 Å². The lowest BCUT2D eigenvalue weighted by Crippen LogP contribution is -2.51. The number of esters is 1. The van der Waals surface area contributed by atoms with Crippen LogP contribution in [0.25, 0.3) is 0 Å². The van der Waals surface area contributed by atoms with Crippen LogP contribution in [0.4, 0.5) is 17.3 Å². The molecule has 4 aliphatic carbocycles. The van der Waals surface area contributed by atoms with Crippen molar-refractivity contribution in [3.63, 3.8) is 0 Å². The van der Waals surface area contributed by atoms with Gasteiger partial charge in [0.1, 0.15) is 18.1 Å². The number of aromatic nitrogens is 4. The summed E-state index contributed by atoms with van der Waals surface area (Å²) in [6.45, 7) is 0. The number of Topliss-reactive ketones (excluding diaryl/α,β-unsaturated/α-hetero) is 1. The van der Waals surface area contributed by atoms with Gasteiger partial charge in [0.2, 0.25) is 16.4 Å². The highest BCUT2D eigenvalue weighted by atomic mass is 35.5. The van der Waals surface area contributed by atoms with Crippen LogP contribution in [0.5, 0.6) is 0 Å². The molecular formula is C36H49Cl2N7O5. The molecule has 50 heavy (non-hydrogen) atoms. The van der Waals surface area contributed by atoms with Crippen molar-refractivity contribution in [3.05, 3.63) is 38.6 Å². The molecule has 7 rings (SSSR count). The van der Waals surface area contributed by atoms with Crippen LogP contribution in [-0.4, -0.2) is 67.9 Å². The number of nitro groups is 1. The molecule has 0 radical (unpaired) electrons. The number of ether oxygens (including phenoxy) is 1. The first-order valence-corrected chi connectivity index (χ1v) is 19.3. The molecule has 0 saturated heterocycles. The Hall–Kier alpha value is -3.12. The summed E-state index contributed by atoms with van der Waals surface area (Å²) < 4.78 is 5.09. The minimum atomic E-state index is -0.606. The van der Waals surface area contributed by atoms with Crippen LogP contribution in [0, 0.1) is 22.0 Å². The fourth-order valence-corrected chi connectivity index (χ4v) is 9.45. The average Bonchev–Trinajstić information content (AvgIpc) is 3.95. The van der Waals surface area contributed by atoms with Gasteiger partial charge < -0.3 is 14.5 Å². The first-order valence-electron chi connectivity index (χ1n) is 18.6. The third kappa shape index (κ3) is 8.49. The molecule has 2 atom stereocenters. The summed E-state index contributed by atoms with van der Waals surface area (Å²) in [7, 11) is 1.36. The Morgan fingerprint density at radius 3 is 2.14 bits per heavy atom. The number of hydrogen-bond acceptors (Lipinski definition) is 11. The minimum Gasteiger partial charge on any atom is -0.467 e. The zero-order valence-corrected chi connectivity index (χ0v) is 30.5. The molecule has 5 aliphatic rings. The van der Waals surface area contributed by atoms with E-state index in [1.54, 1.807) is 6.20 Å². The molecule has 12 nitrogen and oxygen atoms in total. The van der Waals surface area contributed by atoms with Gasteiger partial charge in [-0.2, -0.15) is 4.98 Å². The zero-order valence-electron chi connectivity index (χ0n) is 29.0. The van der Waals surface area contributed by atoms with Gasteiger partial charge in [0, 0.05) is 30.3 Å². The summed E-state index contributed by atoms with van der Waals surface area (Å²) in [5.74, 6) is 2.14. The Labute approximate surface area is 304 Å². The van der Waals surface area contributed by atoms with Crippen molar-refractivity contribution in [1.29, 1.82) is 0 Å². The summed E-state index contributed by atoms with van der Waals surface area (Å²) in [5, 5.41) is 11.8. The van der Waals surface area contributed by atoms with Crippen LogP contribution in [0.1, 0.15) is 121 Å². The molecular weight excluding hydrogens is 681 g/mol. The van der Waals surface area contributed by atoms with Crippen molar-refractivity contribution < 1.29 is 19.2 Å². The fraction of sp³-hybridized carbons (Fsp3) is 0.722. The van der Waals surface area contributed by atoms with E-state index in [0.29, 0.717) is 41.8 Å². The van der Waals surface area contributed by atoms with Crippen molar-refractivity contribution in [2.45, 2.75) is 146 Å². The SMILES string of the molecule is COC(=O)[C@@H](CC1CCCC1)N(c1nc(Cl)ncc1[N+](=O)[O-])C1CCCC1.O=C1Cc2cnc(Cl)nc2N(C2CCCC2)[C@@H]1CC1CCCC1. The molecule has 0 unspecified atom stereocenters. The molecule has 14 heteroatoms. The number of rotatable bonds is 10. The van der Waals surface area contributed by atoms with Crippen molar-refractivity contribution in [2.75, 3.05) is 16.9 Å². The van der Waals surface area contributed by atoms with Gasteiger partial charge in [-0.1, -0.05) is 77.0 Å². The zero-order chi connectivity index (χ0) is 35.2. The van der Waals surface area contributed by atoms with E-state index in [-0.39, 0.29) is 34.8 Å². The highest BCUT2D eigenvalue weighted by Gasteiger charge is 2.42. The maximum Gasteiger partial charge on any atom is 0.329 e. The van der Waals surface area contributed by atoms with Gasteiger partial charge in [-0.25, -0.2) is 19.7 Å². The van der Waals surface area contributed by atoms with E-state index in [0.717, 1.165) is 88.2 Å². The molecule has 2 aromatic heterocycles. The second-order valence-corrected chi connectivity index (χ2v) is 15.4. The molecule has 1 aliphatic heterocycles. The molecule has 0 N–H and O–H groups in total. The second kappa shape index (κ2) is 16.9. The minimum absolute atomic E-state index is 0.000157. The van der Waals surface area contributed by atoms with E-state index in [1.807, 2.05) is 4.90 Å². The van der Waals surface area contributed by atoms with Crippen LogP contribution in [-0.2, 0) is 20.7 Å². The highest BCUT2D eigenvalue weighted by Crippen LogP contribution is 2.40. The topological polar surface area (TPSA) is 145 Å². The van der Waals surface area contributed by atoms with Crippen molar-refractivity contribution >= 4 is 52.3 Å². The highest BCUT2D eigenvalue weighted by molar-refractivity contribution is 6.28. The van der Waals surface area contributed by atoms with E-state index in [2.05, 4.69) is 24.8 Å².